The number of nitrogens with zero attached hydrogens (tertiary/aromatic N) is 3. The molecule has 0 aromatic carbocycles. The zero-order valence-corrected chi connectivity index (χ0v) is 15.2. The number of aromatic nitrogens is 2. The second-order valence-corrected chi connectivity index (χ2v) is 6.62. The Morgan fingerprint density at radius 3 is 2.57 bits per heavy atom. The van der Waals surface area contributed by atoms with Gasteiger partial charge in [0, 0.05) is 31.5 Å². The molecule has 0 aliphatic carbocycles. The van der Waals surface area contributed by atoms with Crippen molar-refractivity contribution in [2.45, 2.75) is 59.6 Å². The first-order valence-corrected chi connectivity index (χ1v) is 8.23. The average Bonchev–Trinajstić information content (AvgIpc) is 2.45. The van der Waals surface area contributed by atoms with Crippen LogP contribution in [0.25, 0.3) is 0 Å². The molecule has 0 spiro atoms. The Hall–Kier alpha value is -1.69. The molecular weight excluding hydrogens is 292 g/mol. The Morgan fingerprint density at radius 2 is 2.00 bits per heavy atom. The zero-order valence-electron chi connectivity index (χ0n) is 15.2. The van der Waals surface area contributed by atoms with Crippen LogP contribution in [0.5, 0.6) is 0 Å². The van der Waals surface area contributed by atoms with E-state index in [0.29, 0.717) is 13.1 Å². The van der Waals surface area contributed by atoms with Gasteiger partial charge in [0.1, 0.15) is 5.60 Å². The summed E-state index contributed by atoms with van der Waals surface area (Å²) in [5.41, 5.74) is 1.45. The lowest BCUT2D eigenvalue weighted by Gasteiger charge is -2.26. The molecule has 0 fully saturated rings. The topological polar surface area (TPSA) is 67.3 Å². The first-order valence-electron chi connectivity index (χ1n) is 8.23. The molecule has 1 unspecified atom stereocenters. The summed E-state index contributed by atoms with van der Waals surface area (Å²) in [5.74, 6) is 0. The van der Waals surface area contributed by atoms with Gasteiger partial charge in [0.15, 0.2) is 0 Å². The quantitative estimate of drug-likeness (QED) is 0.781. The summed E-state index contributed by atoms with van der Waals surface area (Å²) in [7, 11) is 0. The van der Waals surface area contributed by atoms with Gasteiger partial charge < -0.3 is 15.0 Å². The van der Waals surface area contributed by atoms with Crippen LogP contribution in [0.2, 0.25) is 0 Å². The molecule has 1 heterocycles. The monoisotopic (exact) mass is 322 g/mol. The number of nitrogens with one attached hydrogen (secondary N) is 1. The van der Waals surface area contributed by atoms with Crippen molar-refractivity contribution in [1.82, 2.24) is 20.2 Å². The van der Waals surface area contributed by atoms with Crippen LogP contribution in [0, 0.1) is 6.92 Å². The van der Waals surface area contributed by atoms with Gasteiger partial charge in [0.2, 0.25) is 0 Å². The molecule has 6 nitrogen and oxygen atoms in total. The SMILES string of the molecule is CCN(CCCNC(C)c1nccnc1C)C(=O)OC(C)(C)C. The standard InChI is InChI=1S/C17H30N4O2/c1-7-21(16(22)23-17(4,5)6)12-8-9-18-13(2)15-14(3)19-10-11-20-15/h10-11,13,18H,7-9,12H2,1-6H3. The fourth-order valence-electron chi connectivity index (χ4n) is 2.23. The molecule has 0 bridgehead atoms. The maximum atomic E-state index is 12.0. The molecule has 0 aliphatic heterocycles. The molecule has 1 atom stereocenters. The molecule has 1 N–H and O–H groups in total. The van der Waals surface area contributed by atoms with Crippen molar-refractivity contribution < 1.29 is 9.53 Å². The van der Waals surface area contributed by atoms with Gasteiger partial charge in [-0.3, -0.25) is 9.97 Å². The number of rotatable bonds is 7. The molecule has 0 saturated carbocycles. The third kappa shape index (κ3) is 6.95. The predicted octanol–water partition coefficient (Wildman–Crippen LogP) is 3.08. The number of carbonyl (C=O) groups excluding carboxylic acids is 1. The zero-order chi connectivity index (χ0) is 17.5. The van der Waals surface area contributed by atoms with Crippen LogP contribution in [0.4, 0.5) is 4.79 Å². The summed E-state index contributed by atoms with van der Waals surface area (Å²) < 4.78 is 5.40. The number of hydrogen-bond acceptors (Lipinski definition) is 5. The van der Waals surface area contributed by atoms with E-state index in [9.17, 15) is 4.79 Å². The van der Waals surface area contributed by atoms with Gasteiger partial charge >= 0.3 is 6.09 Å². The molecule has 1 aromatic rings. The van der Waals surface area contributed by atoms with E-state index in [-0.39, 0.29) is 12.1 Å². The Bertz CT molecular complexity index is 500. The van der Waals surface area contributed by atoms with E-state index in [4.69, 9.17) is 4.74 Å². The molecular formula is C17H30N4O2. The van der Waals surface area contributed by atoms with Crippen LogP contribution < -0.4 is 5.32 Å². The van der Waals surface area contributed by atoms with Crippen molar-refractivity contribution in [2.24, 2.45) is 0 Å². The molecule has 0 saturated heterocycles. The molecule has 1 rings (SSSR count). The van der Waals surface area contributed by atoms with Crippen LogP contribution in [-0.2, 0) is 4.74 Å². The van der Waals surface area contributed by atoms with Gasteiger partial charge in [-0.05, 0) is 54.5 Å². The second-order valence-electron chi connectivity index (χ2n) is 6.62. The van der Waals surface area contributed by atoms with Gasteiger partial charge in [-0.1, -0.05) is 0 Å². The second kappa shape index (κ2) is 8.82. The molecule has 0 aliphatic rings. The van der Waals surface area contributed by atoms with E-state index in [1.807, 2.05) is 34.6 Å². The molecule has 130 valence electrons. The van der Waals surface area contributed by atoms with Gasteiger partial charge in [0.25, 0.3) is 0 Å². The number of aryl methyl sites for hydroxylation is 1. The van der Waals surface area contributed by atoms with E-state index in [2.05, 4.69) is 22.2 Å². The van der Waals surface area contributed by atoms with Gasteiger partial charge in [-0.15, -0.1) is 0 Å². The molecule has 1 aromatic heterocycles. The van der Waals surface area contributed by atoms with E-state index < -0.39 is 5.60 Å². The minimum atomic E-state index is -0.458. The Balaban J connectivity index is 2.38. The highest BCUT2D eigenvalue weighted by atomic mass is 16.6. The Labute approximate surface area is 139 Å². The Morgan fingerprint density at radius 1 is 1.35 bits per heavy atom. The van der Waals surface area contributed by atoms with Crippen LogP contribution in [0.1, 0.15) is 58.5 Å². The van der Waals surface area contributed by atoms with Crippen LogP contribution in [-0.4, -0.2) is 46.2 Å². The van der Waals surface area contributed by atoms with Crippen molar-refractivity contribution in [1.29, 1.82) is 0 Å². The van der Waals surface area contributed by atoms with Gasteiger partial charge in [-0.25, -0.2) is 4.79 Å². The highest BCUT2D eigenvalue weighted by molar-refractivity contribution is 5.68. The average molecular weight is 322 g/mol. The van der Waals surface area contributed by atoms with Gasteiger partial charge in [0.05, 0.1) is 11.4 Å². The predicted molar refractivity (Wildman–Crippen MR) is 91.3 cm³/mol. The highest BCUT2D eigenvalue weighted by Crippen LogP contribution is 2.12. The van der Waals surface area contributed by atoms with E-state index in [0.717, 1.165) is 24.4 Å². The summed E-state index contributed by atoms with van der Waals surface area (Å²) in [6.45, 7) is 13.8. The van der Waals surface area contributed by atoms with Crippen LogP contribution in [0.15, 0.2) is 12.4 Å². The third-order valence-electron chi connectivity index (χ3n) is 3.42. The van der Waals surface area contributed by atoms with Crippen molar-refractivity contribution in [3.63, 3.8) is 0 Å². The van der Waals surface area contributed by atoms with Crippen LogP contribution >= 0.6 is 0 Å². The lowest BCUT2D eigenvalue weighted by Crippen LogP contribution is -2.38. The summed E-state index contributed by atoms with van der Waals surface area (Å²) in [4.78, 5) is 22.4. The molecule has 6 heteroatoms. The summed E-state index contributed by atoms with van der Waals surface area (Å²) in [6.07, 6.45) is 4.02. The van der Waals surface area contributed by atoms with E-state index in [1.165, 1.54) is 0 Å². The summed E-state index contributed by atoms with van der Waals surface area (Å²) in [5, 5.41) is 3.43. The highest BCUT2D eigenvalue weighted by Gasteiger charge is 2.20. The van der Waals surface area contributed by atoms with Crippen molar-refractivity contribution >= 4 is 6.09 Å². The number of hydrogen-bond donors (Lipinski definition) is 1. The molecule has 0 radical (unpaired) electrons. The maximum absolute atomic E-state index is 12.0. The number of amides is 1. The molecule has 1 amide bonds. The smallest absolute Gasteiger partial charge is 0.410 e. The first kappa shape index (κ1) is 19.4. The lowest BCUT2D eigenvalue weighted by atomic mass is 10.2. The minimum absolute atomic E-state index is 0.139. The number of carbonyl (C=O) groups is 1. The lowest BCUT2D eigenvalue weighted by molar-refractivity contribution is 0.0258. The van der Waals surface area contributed by atoms with Crippen molar-refractivity contribution in [2.75, 3.05) is 19.6 Å². The van der Waals surface area contributed by atoms with Crippen molar-refractivity contribution in [3.05, 3.63) is 23.8 Å². The third-order valence-corrected chi connectivity index (χ3v) is 3.42. The fraction of sp³-hybridized carbons (Fsp3) is 0.706. The first-order chi connectivity index (χ1) is 10.7. The fourth-order valence-corrected chi connectivity index (χ4v) is 2.23. The summed E-state index contributed by atoms with van der Waals surface area (Å²) >= 11 is 0. The summed E-state index contributed by atoms with van der Waals surface area (Å²) in [6, 6.07) is 0.139. The number of ether oxygens (including phenoxy) is 1. The normalized spacial score (nSPS) is 12.8. The van der Waals surface area contributed by atoms with E-state index in [1.54, 1.807) is 17.3 Å². The van der Waals surface area contributed by atoms with Crippen LogP contribution in [0.3, 0.4) is 0 Å². The Kier molecular flexibility index (Phi) is 7.42. The maximum Gasteiger partial charge on any atom is 0.410 e. The molecule has 23 heavy (non-hydrogen) atoms. The largest absolute Gasteiger partial charge is 0.444 e. The minimum Gasteiger partial charge on any atom is -0.444 e. The van der Waals surface area contributed by atoms with Crippen molar-refractivity contribution in [3.8, 4) is 0 Å². The van der Waals surface area contributed by atoms with E-state index >= 15 is 0 Å². The van der Waals surface area contributed by atoms with Gasteiger partial charge in [-0.2, -0.15) is 0 Å².